The number of carbonyl (C=O) groups excluding carboxylic acids is 1. The number of hydrogen-bond donors (Lipinski definition) is 0. The molecule has 152 valence electrons. The van der Waals surface area contributed by atoms with E-state index in [0.29, 0.717) is 29.8 Å². The lowest BCUT2D eigenvalue weighted by molar-refractivity contribution is -0.134. The fourth-order valence-electron chi connectivity index (χ4n) is 2.68. The van der Waals surface area contributed by atoms with Crippen LogP contribution in [0.15, 0.2) is 53.1 Å². The first kappa shape index (κ1) is 20.2. The van der Waals surface area contributed by atoms with Gasteiger partial charge in [0.2, 0.25) is 11.7 Å². The average Bonchev–Trinajstić information content (AvgIpc) is 3.24. The first-order valence-corrected chi connectivity index (χ1v) is 9.15. The molecule has 0 radical (unpaired) electrons. The lowest BCUT2D eigenvalue weighted by atomic mass is 10.2. The summed E-state index contributed by atoms with van der Waals surface area (Å²) in [6.07, 6.45) is 0. The zero-order valence-corrected chi connectivity index (χ0v) is 16.6. The summed E-state index contributed by atoms with van der Waals surface area (Å²) in [5.74, 6) is 2.45. The second kappa shape index (κ2) is 9.59. The molecule has 0 fully saturated rings. The van der Waals surface area contributed by atoms with Gasteiger partial charge in [-0.2, -0.15) is 4.98 Å². The Balaban J connectivity index is 1.61. The first-order valence-electron chi connectivity index (χ1n) is 9.15. The molecule has 0 unspecified atom stereocenters. The summed E-state index contributed by atoms with van der Waals surface area (Å²) in [4.78, 5) is 18.5. The molecule has 0 N–H and O–H groups in total. The van der Waals surface area contributed by atoms with E-state index in [1.165, 1.54) is 0 Å². The van der Waals surface area contributed by atoms with Crippen LogP contribution in [0.1, 0.15) is 12.8 Å². The molecule has 0 bridgehead atoms. The Morgan fingerprint density at radius 1 is 1.03 bits per heavy atom. The molecule has 0 atom stereocenters. The highest BCUT2D eigenvalue weighted by Crippen LogP contribution is 2.25. The summed E-state index contributed by atoms with van der Waals surface area (Å²) in [5, 5.41) is 3.99. The highest BCUT2D eigenvalue weighted by molar-refractivity contribution is 5.77. The van der Waals surface area contributed by atoms with Crippen LogP contribution in [0.25, 0.3) is 11.4 Å². The number of likely N-dealkylation sites (N-methyl/N-ethyl adjacent to an activating group) is 1. The number of aromatic nitrogens is 2. The highest BCUT2D eigenvalue weighted by atomic mass is 16.5. The number of hydrogen-bond acceptors (Lipinski definition) is 7. The molecule has 3 aromatic rings. The molecule has 29 heavy (non-hydrogen) atoms. The number of amides is 1. The molecule has 0 saturated heterocycles. The van der Waals surface area contributed by atoms with E-state index in [9.17, 15) is 4.79 Å². The molecule has 1 amide bonds. The van der Waals surface area contributed by atoms with E-state index < -0.39 is 0 Å². The number of nitrogens with zero attached hydrogens (tertiary/aromatic N) is 3. The van der Waals surface area contributed by atoms with Crippen molar-refractivity contribution < 1.29 is 23.5 Å². The molecule has 8 heteroatoms. The zero-order valence-electron chi connectivity index (χ0n) is 16.6. The Morgan fingerprint density at radius 3 is 2.41 bits per heavy atom. The van der Waals surface area contributed by atoms with Crippen molar-refractivity contribution in [3.63, 3.8) is 0 Å². The number of rotatable bonds is 9. The summed E-state index contributed by atoms with van der Waals surface area (Å²) >= 11 is 0. The summed E-state index contributed by atoms with van der Waals surface area (Å²) < 4.78 is 21.3. The van der Waals surface area contributed by atoms with Crippen molar-refractivity contribution in [2.45, 2.75) is 13.5 Å². The van der Waals surface area contributed by atoms with Crippen molar-refractivity contribution >= 4 is 5.91 Å². The Kier molecular flexibility index (Phi) is 6.67. The summed E-state index contributed by atoms with van der Waals surface area (Å²) in [5.41, 5.74) is 0.801. The van der Waals surface area contributed by atoms with E-state index in [1.54, 1.807) is 31.3 Å². The van der Waals surface area contributed by atoms with Crippen molar-refractivity contribution in [2.75, 3.05) is 27.4 Å². The van der Waals surface area contributed by atoms with Gasteiger partial charge >= 0.3 is 0 Å². The van der Waals surface area contributed by atoms with Crippen LogP contribution < -0.4 is 14.2 Å². The minimum atomic E-state index is -0.192. The maximum absolute atomic E-state index is 12.6. The van der Waals surface area contributed by atoms with Gasteiger partial charge in [-0.15, -0.1) is 0 Å². The van der Waals surface area contributed by atoms with Crippen LogP contribution in [0.3, 0.4) is 0 Å². The number of carbonyl (C=O) groups is 1. The van der Waals surface area contributed by atoms with Crippen LogP contribution in [0.4, 0.5) is 0 Å². The van der Waals surface area contributed by atoms with Gasteiger partial charge in [-0.3, -0.25) is 4.79 Å². The van der Waals surface area contributed by atoms with Crippen molar-refractivity contribution in [3.8, 4) is 28.6 Å². The number of ether oxygens (including phenoxy) is 3. The Labute approximate surface area is 169 Å². The zero-order chi connectivity index (χ0) is 20.6. The van der Waals surface area contributed by atoms with Crippen LogP contribution in [-0.4, -0.2) is 48.3 Å². The highest BCUT2D eigenvalue weighted by Gasteiger charge is 2.18. The molecule has 0 saturated carbocycles. The van der Waals surface area contributed by atoms with E-state index in [2.05, 4.69) is 10.1 Å². The van der Waals surface area contributed by atoms with Gasteiger partial charge in [0.25, 0.3) is 5.91 Å². The van der Waals surface area contributed by atoms with Gasteiger partial charge in [-0.05, 0) is 43.3 Å². The lowest BCUT2D eigenvalue weighted by Crippen LogP contribution is -2.34. The first-order chi connectivity index (χ1) is 14.1. The number of para-hydroxylation sites is 2. The van der Waals surface area contributed by atoms with Gasteiger partial charge in [0.1, 0.15) is 12.3 Å². The largest absolute Gasteiger partial charge is 0.497 e. The SMILES string of the molecule is CCN(Cc1nc(-c2ccc(OC)cc2)no1)C(=O)COc1ccccc1OC. The predicted molar refractivity (Wildman–Crippen MR) is 106 cm³/mol. The summed E-state index contributed by atoms with van der Waals surface area (Å²) in [6.45, 7) is 2.44. The van der Waals surface area contributed by atoms with Crippen LogP contribution in [0.5, 0.6) is 17.2 Å². The maximum atomic E-state index is 12.6. The second-order valence-corrected chi connectivity index (χ2v) is 6.09. The van der Waals surface area contributed by atoms with Crippen LogP contribution >= 0.6 is 0 Å². The van der Waals surface area contributed by atoms with Gasteiger partial charge in [-0.1, -0.05) is 17.3 Å². The topological polar surface area (TPSA) is 86.9 Å². The predicted octanol–water partition coefficient (Wildman–Crippen LogP) is 3.18. The van der Waals surface area contributed by atoms with E-state index in [0.717, 1.165) is 11.3 Å². The fraction of sp³-hybridized carbons (Fsp3) is 0.286. The molecule has 8 nitrogen and oxygen atoms in total. The molecule has 0 aliphatic rings. The van der Waals surface area contributed by atoms with E-state index in [4.69, 9.17) is 18.7 Å². The molecule has 1 aromatic heterocycles. The third kappa shape index (κ3) is 5.04. The molecule has 0 spiro atoms. The standard InChI is InChI=1S/C21H23N3O5/c1-4-24(20(25)14-28-18-8-6-5-7-17(18)27-3)13-19-22-21(23-29-19)15-9-11-16(26-2)12-10-15/h5-12H,4,13-14H2,1-3H3. The Hall–Kier alpha value is -3.55. The minimum Gasteiger partial charge on any atom is -0.497 e. The third-order valence-corrected chi connectivity index (χ3v) is 4.30. The van der Waals surface area contributed by atoms with Gasteiger partial charge < -0.3 is 23.6 Å². The normalized spacial score (nSPS) is 10.4. The molecule has 0 aliphatic heterocycles. The van der Waals surface area contributed by atoms with Crippen molar-refractivity contribution in [1.82, 2.24) is 15.0 Å². The summed E-state index contributed by atoms with van der Waals surface area (Å²) in [7, 11) is 3.16. The summed E-state index contributed by atoms with van der Waals surface area (Å²) in [6, 6.07) is 14.5. The van der Waals surface area contributed by atoms with Crippen molar-refractivity contribution in [1.29, 1.82) is 0 Å². The van der Waals surface area contributed by atoms with Gasteiger partial charge in [0.05, 0.1) is 14.2 Å². The number of benzene rings is 2. The van der Waals surface area contributed by atoms with E-state index >= 15 is 0 Å². The molecule has 1 heterocycles. The molecular weight excluding hydrogens is 374 g/mol. The molecule has 3 rings (SSSR count). The lowest BCUT2D eigenvalue weighted by Gasteiger charge is -2.19. The van der Waals surface area contributed by atoms with Gasteiger partial charge in [-0.25, -0.2) is 0 Å². The van der Waals surface area contributed by atoms with Crippen LogP contribution in [0, 0.1) is 0 Å². The smallest absolute Gasteiger partial charge is 0.260 e. The Morgan fingerprint density at radius 2 is 1.76 bits per heavy atom. The quantitative estimate of drug-likeness (QED) is 0.548. The molecule has 0 aliphatic carbocycles. The van der Waals surface area contributed by atoms with Crippen LogP contribution in [-0.2, 0) is 11.3 Å². The minimum absolute atomic E-state index is 0.117. The van der Waals surface area contributed by atoms with Gasteiger partial charge in [0, 0.05) is 12.1 Å². The fourth-order valence-corrected chi connectivity index (χ4v) is 2.68. The van der Waals surface area contributed by atoms with Crippen molar-refractivity contribution in [2.24, 2.45) is 0 Å². The third-order valence-electron chi connectivity index (χ3n) is 4.30. The average molecular weight is 397 g/mol. The van der Waals surface area contributed by atoms with Crippen LogP contribution in [0.2, 0.25) is 0 Å². The number of methoxy groups -OCH3 is 2. The van der Waals surface area contributed by atoms with Gasteiger partial charge in [0.15, 0.2) is 18.1 Å². The van der Waals surface area contributed by atoms with E-state index in [-0.39, 0.29) is 19.1 Å². The van der Waals surface area contributed by atoms with E-state index in [1.807, 2.05) is 43.3 Å². The maximum Gasteiger partial charge on any atom is 0.260 e. The monoisotopic (exact) mass is 397 g/mol. The Bertz CT molecular complexity index is 939. The molecule has 2 aromatic carbocycles. The second-order valence-electron chi connectivity index (χ2n) is 6.09. The van der Waals surface area contributed by atoms with Crippen molar-refractivity contribution in [3.05, 3.63) is 54.4 Å². The molecular formula is C21H23N3O5.